The zero-order valence-corrected chi connectivity index (χ0v) is 13.3. The maximum Gasteiger partial charge on any atom is 0.238 e. The summed E-state index contributed by atoms with van der Waals surface area (Å²) >= 11 is 2.03. The van der Waals surface area contributed by atoms with Gasteiger partial charge >= 0.3 is 0 Å². The molecule has 0 aromatic heterocycles. The Bertz CT molecular complexity index is 540. The predicted octanol–water partition coefficient (Wildman–Crippen LogP) is 2.27. The number of benzene rings is 1. The molecule has 0 aliphatic carbocycles. The molecule has 0 amide bonds. The van der Waals surface area contributed by atoms with E-state index in [-0.39, 0.29) is 10.9 Å². The van der Waals surface area contributed by atoms with Crippen LogP contribution in [0, 0.1) is 0 Å². The molecule has 1 heterocycles. The van der Waals surface area contributed by atoms with E-state index in [4.69, 9.17) is 5.14 Å². The lowest BCUT2D eigenvalue weighted by Crippen LogP contribution is -2.29. The zero-order chi connectivity index (χ0) is 14.6. The Kier molecular flexibility index (Phi) is 5.49. The molecule has 20 heavy (non-hydrogen) atoms. The summed E-state index contributed by atoms with van der Waals surface area (Å²) < 4.78 is 22.7. The first-order valence-electron chi connectivity index (χ1n) is 6.94. The summed E-state index contributed by atoms with van der Waals surface area (Å²) in [6, 6.07) is 6.98. The minimum Gasteiger partial charge on any atom is -0.309 e. The Morgan fingerprint density at radius 2 is 2.25 bits per heavy atom. The molecule has 0 bridgehead atoms. The van der Waals surface area contributed by atoms with E-state index in [9.17, 15) is 8.42 Å². The van der Waals surface area contributed by atoms with Gasteiger partial charge in [-0.15, -0.1) is 0 Å². The normalized spacial score (nSPS) is 21.6. The van der Waals surface area contributed by atoms with E-state index < -0.39 is 10.0 Å². The largest absolute Gasteiger partial charge is 0.309 e. The predicted molar refractivity (Wildman–Crippen MR) is 84.3 cm³/mol. The Labute approximate surface area is 125 Å². The number of thioether (sulfide) groups is 1. The van der Waals surface area contributed by atoms with Gasteiger partial charge in [0.1, 0.15) is 0 Å². The highest BCUT2D eigenvalue weighted by Crippen LogP contribution is 2.25. The van der Waals surface area contributed by atoms with Crippen molar-refractivity contribution in [2.45, 2.75) is 42.4 Å². The van der Waals surface area contributed by atoms with Gasteiger partial charge in [0.05, 0.1) is 4.90 Å². The molecule has 1 aromatic rings. The van der Waals surface area contributed by atoms with Crippen LogP contribution in [0.3, 0.4) is 0 Å². The molecule has 1 fully saturated rings. The van der Waals surface area contributed by atoms with E-state index in [0.29, 0.717) is 5.25 Å². The number of primary sulfonamides is 1. The highest BCUT2D eigenvalue weighted by Gasteiger charge is 2.16. The fourth-order valence-corrected chi connectivity index (χ4v) is 4.18. The van der Waals surface area contributed by atoms with Crippen LogP contribution in [-0.2, 0) is 10.0 Å². The molecular formula is C14H22N2O2S2. The van der Waals surface area contributed by atoms with Crippen LogP contribution in [0.4, 0.5) is 0 Å². The summed E-state index contributed by atoms with van der Waals surface area (Å²) in [5, 5.41) is 9.33. The summed E-state index contributed by atoms with van der Waals surface area (Å²) in [5.41, 5.74) is 0.956. The van der Waals surface area contributed by atoms with Gasteiger partial charge in [-0.05, 0) is 43.2 Å². The summed E-state index contributed by atoms with van der Waals surface area (Å²) in [6.07, 6.45) is 3.91. The van der Waals surface area contributed by atoms with Gasteiger partial charge in [-0.3, -0.25) is 0 Å². The molecule has 0 saturated carbocycles. The third-order valence-corrected chi connectivity index (χ3v) is 5.92. The van der Waals surface area contributed by atoms with Crippen LogP contribution in [0.1, 0.15) is 37.8 Å². The van der Waals surface area contributed by atoms with Crippen molar-refractivity contribution < 1.29 is 8.42 Å². The van der Waals surface area contributed by atoms with E-state index in [2.05, 4.69) is 12.2 Å². The monoisotopic (exact) mass is 314 g/mol. The molecule has 2 atom stereocenters. The first kappa shape index (κ1) is 15.8. The van der Waals surface area contributed by atoms with Gasteiger partial charge in [0.2, 0.25) is 10.0 Å². The molecule has 6 heteroatoms. The summed E-state index contributed by atoms with van der Waals surface area (Å²) in [6.45, 7) is 3.02. The van der Waals surface area contributed by atoms with E-state index in [1.54, 1.807) is 12.1 Å². The molecule has 2 unspecified atom stereocenters. The van der Waals surface area contributed by atoms with Crippen molar-refractivity contribution in [2.24, 2.45) is 5.14 Å². The molecule has 2 rings (SSSR count). The lowest BCUT2D eigenvalue weighted by molar-refractivity contribution is 0.537. The molecule has 1 saturated heterocycles. The minimum absolute atomic E-state index is 0.124. The molecule has 3 N–H and O–H groups in total. The van der Waals surface area contributed by atoms with Crippen molar-refractivity contribution in [3.63, 3.8) is 0 Å². The number of sulfonamides is 1. The first-order valence-corrected chi connectivity index (χ1v) is 9.54. The third kappa shape index (κ3) is 4.48. The summed E-state index contributed by atoms with van der Waals surface area (Å²) in [4.78, 5) is 0.177. The highest BCUT2D eigenvalue weighted by atomic mass is 32.2. The van der Waals surface area contributed by atoms with Crippen LogP contribution in [-0.4, -0.2) is 26.0 Å². The lowest BCUT2D eigenvalue weighted by atomic mass is 10.1. The number of hydrogen-bond acceptors (Lipinski definition) is 4. The van der Waals surface area contributed by atoms with Crippen molar-refractivity contribution in [1.29, 1.82) is 0 Å². The number of hydrogen-bond donors (Lipinski definition) is 2. The van der Waals surface area contributed by atoms with Gasteiger partial charge in [-0.25, -0.2) is 13.6 Å². The molecule has 1 aliphatic rings. The first-order chi connectivity index (χ1) is 9.47. The van der Waals surface area contributed by atoms with Gasteiger partial charge in [-0.1, -0.05) is 18.6 Å². The van der Waals surface area contributed by atoms with Crippen molar-refractivity contribution in [3.05, 3.63) is 29.8 Å². The molecule has 4 nitrogen and oxygen atoms in total. The Hall–Kier alpha value is -0.560. The van der Waals surface area contributed by atoms with Crippen molar-refractivity contribution in [3.8, 4) is 0 Å². The van der Waals surface area contributed by atoms with Crippen LogP contribution in [0.5, 0.6) is 0 Å². The summed E-state index contributed by atoms with van der Waals surface area (Å²) in [7, 11) is -3.63. The maximum absolute atomic E-state index is 11.4. The molecule has 1 aromatic carbocycles. The smallest absolute Gasteiger partial charge is 0.238 e. The van der Waals surface area contributed by atoms with E-state index in [1.807, 2.05) is 17.8 Å². The van der Waals surface area contributed by atoms with Gasteiger partial charge in [0, 0.05) is 17.8 Å². The van der Waals surface area contributed by atoms with E-state index in [1.165, 1.54) is 31.1 Å². The molecule has 0 radical (unpaired) electrons. The second-order valence-electron chi connectivity index (χ2n) is 5.24. The second-order valence-corrected chi connectivity index (χ2v) is 8.21. The van der Waals surface area contributed by atoms with Gasteiger partial charge in [-0.2, -0.15) is 11.8 Å². The van der Waals surface area contributed by atoms with Gasteiger partial charge in [0.15, 0.2) is 0 Å². The van der Waals surface area contributed by atoms with Crippen LogP contribution in [0.2, 0.25) is 0 Å². The van der Waals surface area contributed by atoms with Crippen molar-refractivity contribution in [2.75, 3.05) is 12.3 Å². The molecule has 1 aliphatic heterocycles. The Morgan fingerprint density at radius 1 is 1.45 bits per heavy atom. The fourth-order valence-electron chi connectivity index (χ4n) is 2.36. The zero-order valence-electron chi connectivity index (χ0n) is 11.7. The molecule has 112 valence electrons. The average molecular weight is 314 g/mol. The highest BCUT2D eigenvalue weighted by molar-refractivity contribution is 7.99. The number of nitrogens with one attached hydrogen (secondary N) is 1. The lowest BCUT2D eigenvalue weighted by Gasteiger charge is -2.24. The topological polar surface area (TPSA) is 72.2 Å². The summed E-state index contributed by atoms with van der Waals surface area (Å²) in [5.74, 6) is 1.25. The second kappa shape index (κ2) is 6.93. The van der Waals surface area contributed by atoms with E-state index in [0.717, 1.165) is 12.1 Å². The molecular weight excluding hydrogens is 292 g/mol. The number of nitrogens with two attached hydrogens (primary N) is 1. The van der Waals surface area contributed by atoms with Crippen LogP contribution in [0.15, 0.2) is 29.2 Å². The third-order valence-electron chi connectivity index (χ3n) is 3.61. The quantitative estimate of drug-likeness (QED) is 0.874. The van der Waals surface area contributed by atoms with Crippen molar-refractivity contribution >= 4 is 21.8 Å². The fraction of sp³-hybridized carbons (Fsp3) is 0.571. The van der Waals surface area contributed by atoms with Crippen LogP contribution >= 0.6 is 11.8 Å². The average Bonchev–Trinajstić information content (AvgIpc) is 2.45. The van der Waals surface area contributed by atoms with Gasteiger partial charge < -0.3 is 5.32 Å². The molecule has 0 spiro atoms. The SMILES string of the molecule is CC(NCC1CCCCS1)c1cccc(S(N)(=O)=O)c1. The Morgan fingerprint density at radius 3 is 2.90 bits per heavy atom. The minimum atomic E-state index is -3.63. The Balaban J connectivity index is 1.96. The van der Waals surface area contributed by atoms with Gasteiger partial charge in [0.25, 0.3) is 0 Å². The number of rotatable bonds is 5. The van der Waals surface area contributed by atoms with Crippen LogP contribution in [0.25, 0.3) is 0 Å². The standard InChI is InChI=1S/C14H22N2O2S2/c1-11(16-10-13-6-2-3-8-19-13)12-5-4-7-14(9-12)20(15,17)18/h4-5,7,9,11,13,16H,2-3,6,8,10H2,1H3,(H2,15,17,18). The van der Waals surface area contributed by atoms with Crippen LogP contribution < -0.4 is 10.5 Å². The van der Waals surface area contributed by atoms with E-state index >= 15 is 0 Å². The maximum atomic E-state index is 11.4. The van der Waals surface area contributed by atoms with Crippen molar-refractivity contribution in [1.82, 2.24) is 5.32 Å².